The fraction of sp³-hybridized carbons (Fsp3) is 0.667. The van der Waals surface area contributed by atoms with E-state index in [4.69, 9.17) is 19.4 Å². The number of hydrogen-bond acceptors (Lipinski definition) is 8. The van der Waals surface area contributed by atoms with Crippen LogP contribution in [0.15, 0.2) is 18.2 Å². The molecule has 0 spiro atoms. The number of ether oxygens (including phenoxy) is 2. The number of aldehydes is 1. The number of aromatic hydroxyl groups is 1. The number of carbonyl (C=O) groups is 3. The van der Waals surface area contributed by atoms with Crippen LogP contribution >= 0.6 is 0 Å². The summed E-state index contributed by atoms with van der Waals surface area (Å²) in [5.74, 6) is -0.603. The minimum absolute atomic E-state index is 0.0141. The number of nitrogens with zero attached hydrogens (tertiary/aromatic N) is 3. The average molecular weight is 580 g/mol. The Balaban J connectivity index is 1.52. The predicted molar refractivity (Wildman–Crippen MR) is 158 cm³/mol. The number of rotatable bonds is 2. The summed E-state index contributed by atoms with van der Waals surface area (Å²) in [5, 5.41) is 10.1. The SMILES string of the molecule is CC[C@@H]1[C@@H]2CN(C(=O)[C@H](C(C)(C)C)CC(=O)O[C@@H]3CCC[C@H]3CCCCCc3nc4ccc(O)cc4nc3O2)[C@@H]1C=O. The maximum Gasteiger partial charge on any atom is 0.306 e. The summed E-state index contributed by atoms with van der Waals surface area (Å²) >= 11 is 0. The van der Waals surface area contributed by atoms with Gasteiger partial charge in [0.15, 0.2) is 0 Å². The number of amides is 1. The fourth-order valence-electron chi connectivity index (χ4n) is 7.12. The highest BCUT2D eigenvalue weighted by atomic mass is 16.5. The molecule has 42 heavy (non-hydrogen) atoms. The zero-order valence-electron chi connectivity index (χ0n) is 25.4. The Hall–Kier alpha value is -3.23. The van der Waals surface area contributed by atoms with Gasteiger partial charge in [0.05, 0.1) is 36.0 Å². The Morgan fingerprint density at radius 3 is 2.52 bits per heavy atom. The Bertz CT molecular complexity index is 1310. The lowest BCUT2D eigenvalue weighted by Gasteiger charge is -2.34. The van der Waals surface area contributed by atoms with Crippen LogP contribution in [-0.2, 0) is 25.5 Å². The third kappa shape index (κ3) is 6.40. The monoisotopic (exact) mass is 579 g/mol. The molecule has 1 saturated carbocycles. The molecule has 228 valence electrons. The van der Waals surface area contributed by atoms with E-state index in [1.165, 1.54) is 0 Å². The molecule has 2 fully saturated rings. The van der Waals surface area contributed by atoms with Gasteiger partial charge in [-0.3, -0.25) is 9.59 Å². The molecule has 1 N–H and O–H groups in total. The van der Waals surface area contributed by atoms with Gasteiger partial charge in [0.1, 0.15) is 29.9 Å². The maximum atomic E-state index is 14.2. The van der Waals surface area contributed by atoms with E-state index in [1.807, 2.05) is 27.7 Å². The van der Waals surface area contributed by atoms with Gasteiger partial charge in [-0.2, -0.15) is 0 Å². The Morgan fingerprint density at radius 2 is 1.79 bits per heavy atom. The van der Waals surface area contributed by atoms with Gasteiger partial charge in [-0.25, -0.2) is 9.97 Å². The molecule has 5 rings (SSSR count). The molecule has 1 aliphatic carbocycles. The van der Waals surface area contributed by atoms with Crippen LogP contribution in [0, 0.1) is 23.2 Å². The molecule has 3 aliphatic rings. The van der Waals surface area contributed by atoms with E-state index in [0.717, 1.165) is 56.9 Å². The molecule has 1 saturated heterocycles. The summed E-state index contributed by atoms with van der Waals surface area (Å²) in [5.41, 5.74) is 1.44. The molecule has 6 atom stereocenters. The second-order valence-corrected chi connectivity index (χ2v) is 13.4. The van der Waals surface area contributed by atoms with E-state index >= 15 is 0 Å². The van der Waals surface area contributed by atoms with Crippen molar-refractivity contribution in [1.82, 2.24) is 14.9 Å². The minimum Gasteiger partial charge on any atom is -0.508 e. The summed E-state index contributed by atoms with van der Waals surface area (Å²) < 4.78 is 12.6. The van der Waals surface area contributed by atoms with Gasteiger partial charge in [0.2, 0.25) is 11.8 Å². The number of phenolic OH excluding ortho intramolecular Hbond substituents is 1. The molecule has 0 radical (unpaired) electrons. The molecular formula is C33H45N3O6. The van der Waals surface area contributed by atoms with Crippen molar-refractivity contribution in [1.29, 1.82) is 0 Å². The second-order valence-electron chi connectivity index (χ2n) is 13.4. The largest absolute Gasteiger partial charge is 0.508 e. The van der Waals surface area contributed by atoms with Crippen LogP contribution in [0.1, 0.15) is 91.2 Å². The molecule has 2 aliphatic heterocycles. The average Bonchev–Trinajstić information content (AvgIpc) is 3.53. The van der Waals surface area contributed by atoms with Gasteiger partial charge in [0, 0.05) is 12.0 Å². The van der Waals surface area contributed by atoms with Crippen molar-refractivity contribution >= 4 is 29.2 Å². The first-order valence-electron chi connectivity index (χ1n) is 15.7. The van der Waals surface area contributed by atoms with Gasteiger partial charge in [-0.05, 0) is 68.4 Å². The van der Waals surface area contributed by atoms with E-state index in [0.29, 0.717) is 35.7 Å². The summed E-state index contributed by atoms with van der Waals surface area (Å²) in [6, 6.07) is 4.25. The highest BCUT2D eigenvalue weighted by Gasteiger charge is 2.48. The van der Waals surface area contributed by atoms with E-state index in [2.05, 4.69) is 0 Å². The Kier molecular flexibility index (Phi) is 9.04. The van der Waals surface area contributed by atoms with Crippen LogP contribution in [0.5, 0.6) is 11.6 Å². The number of aromatic nitrogens is 2. The van der Waals surface area contributed by atoms with Crippen molar-refractivity contribution in [3.63, 3.8) is 0 Å². The summed E-state index contributed by atoms with van der Waals surface area (Å²) in [6.07, 6.45) is 8.47. The van der Waals surface area contributed by atoms with Crippen LogP contribution in [0.3, 0.4) is 0 Å². The number of phenols is 1. The number of carbonyl (C=O) groups excluding carboxylic acids is 3. The van der Waals surface area contributed by atoms with Gasteiger partial charge in [-0.15, -0.1) is 0 Å². The van der Waals surface area contributed by atoms with E-state index in [1.54, 1.807) is 23.1 Å². The molecule has 9 heteroatoms. The topological polar surface area (TPSA) is 119 Å². The molecule has 2 bridgehead atoms. The summed E-state index contributed by atoms with van der Waals surface area (Å²) in [7, 11) is 0. The minimum atomic E-state index is -0.671. The van der Waals surface area contributed by atoms with Crippen molar-refractivity contribution in [3.8, 4) is 11.6 Å². The van der Waals surface area contributed by atoms with E-state index in [9.17, 15) is 19.5 Å². The number of benzene rings is 1. The number of fused-ring (bicyclic) bond motifs is 5. The zero-order valence-corrected chi connectivity index (χ0v) is 25.4. The van der Waals surface area contributed by atoms with Crippen LogP contribution in [0.25, 0.3) is 11.0 Å². The summed E-state index contributed by atoms with van der Waals surface area (Å²) in [6.45, 7) is 8.07. The zero-order chi connectivity index (χ0) is 30.0. The molecule has 1 aromatic carbocycles. The highest BCUT2D eigenvalue weighted by molar-refractivity contribution is 5.87. The molecule has 9 nitrogen and oxygen atoms in total. The van der Waals surface area contributed by atoms with Crippen LogP contribution < -0.4 is 4.74 Å². The first kappa shape index (κ1) is 30.2. The fourth-order valence-corrected chi connectivity index (χ4v) is 7.12. The first-order chi connectivity index (χ1) is 20.1. The molecule has 1 aromatic heterocycles. The predicted octanol–water partition coefficient (Wildman–Crippen LogP) is 5.40. The van der Waals surface area contributed by atoms with Gasteiger partial charge < -0.3 is 24.3 Å². The van der Waals surface area contributed by atoms with Crippen molar-refractivity contribution in [3.05, 3.63) is 23.9 Å². The molecule has 0 unspecified atom stereocenters. The Labute approximate surface area is 248 Å². The molecule has 3 heterocycles. The highest BCUT2D eigenvalue weighted by Crippen LogP contribution is 2.38. The molecular weight excluding hydrogens is 534 g/mol. The van der Waals surface area contributed by atoms with Crippen LogP contribution in [0.2, 0.25) is 0 Å². The number of aryl methyl sites for hydroxylation is 1. The lowest BCUT2D eigenvalue weighted by molar-refractivity contribution is -0.157. The van der Waals surface area contributed by atoms with Crippen molar-refractivity contribution in [2.45, 2.75) is 110 Å². The van der Waals surface area contributed by atoms with Crippen molar-refractivity contribution in [2.75, 3.05) is 6.54 Å². The van der Waals surface area contributed by atoms with Gasteiger partial charge >= 0.3 is 5.97 Å². The first-order valence-corrected chi connectivity index (χ1v) is 15.7. The molecule has 1 amide bonds. The van der Waals surface area contributed by atoms with Crippen molar-refractivity contribution < 1.29 is 29.0 Å². The van der Waals surface area contributed by atoms with Crippen molar-refractivity contribution in [2.24, 2.45) is 23.2 Å². The number of hydrogen-bond donors (Lipinski definition) is 1. The lowest BCUT2D eigenvalue weighted by atomic mass is 9.77. The number of esters is 1. The third-order valence-corrected chi connectivity index (χ3v) is 9.57. The van der Waals surface area contributed by atoms with Crippen LogP contribution in [0.4, 0.5) is 0 Å². The molecule has 2 aromatic rings. The normalized spacial score (nSPS) is 29.7. The second kappa shape index (κ2) is 12.6. The van der Waals surface area contributed by atoms with Gasteiger partial charge in [-0.1, -0.05) is 40.5 Å². The quantitative estimate of drug-likeness (QED) is 0.371. The van der Waals surface area contributed by atoms with E-state index < -0.39 is 23.5 Å². The standard InChI is InChI=1S/C33H45N3O6/c1-5-22-27(19-37)36-18-29(22)42-31-25(34-24-15-14-21(38)16-26(24)35-31)12-8-6-7-10-20-11-9-13-28(20)41-30(39)17-23(32(36)40)33(2,3)4/h14-16,19-20,22-23,27-29,38H,5-13,17-18H2,1-4H3/t20-,22+,23-,27-,28-,29+/m1/s1. The summed E-state index contributed by atoms with van der Waals surface area (Å²) in [4.78, 5) is 51.1. The third-order valence-electron chi connectivity index (χ3n) is 9.57. The maximum absolute atomic E-state index is 14.2. The van der Waals surface area contributed by atoms with Gasteiger partial charge in [0.25, 0.3) is 0 Å². The van der Waals surface area contributed by atoms with Crippen LogP contribution in [-0.4, -0.2) is 62.9 Å². The lowest BCUT2D eigenvalue weighted by Crippen LogP contribution is -2.46. The Morgan fingerprint density at radius 1 is 1.00 bits per heavy atom. The smallest absolute Gasteiger partial charge is 0.306 e. The van der Waals surface area contributed by atoms with E-state index in [-0.39, 0.29) is 42.6 Å².